The van der Waals surface area contributed by atoms with Crippen molar-refractivity contribution in [3.63, 3.8) is 0 Å². The minimum absolute atomic E-state index is 0.0536. The van der Waals surface area contributed by atoms with Gasteiger partial charge in [-0.3, -0.25) is 4.79 Å². The van der Waals surface area contributed by atoms with E-state index in [0.717, 1.165) is 12.1 Å². The van der Waals surface area contributed by atoms with E-state index in [4.69, 9.17) is 5.11 Å². The summed E-state index contributed by atoms with van der Waals surface area (Å²) in [6, 6.07) is 4.70. The lowest BCUT2D eigenvalue weighted by atomic mass is 9.85. The van der Waals surface area contributed by atoms with Gasteiger partial charge in [-0.05, 0) is 29.5 Å². The van der Waals surface area contributed by atoms with Crippen LogP contribution in [0.3, 0.4) is 0 Å². The quantitative estimate of drug-likeness (QED) is 0.890. The lowest BCUT2D eigenvalue weighted by Gasteiger charge is -2.20. The van der Waals surface area contributed by atoms with E-state index in [1.54, 1.807) is 0 Å². The highest BCUT2D eigenvalue weighted by atomic mass is 19.4. The Morgan fingerprint density at radius 2 is 1.72 bits per heavy atom. The minimum Gasteiger partial charge on any atom is -0.481 e. The van der Waals surface area contributed by atoms with Gasteiger partial charge in [-0.15, -0.1) is 0 Å². The fourth-order valence-electron chi connectivity index (χ4n) is 1.85. The van der Waals surface area contributed by atoms with Gasteiger partial charge in [-0.25, -0.2) is 0 Å². The molecular formula is C13H15F3O2. The summed E-state index contributed by atoms with van der Waals surface area (Å²) in [5.74, 6) is -1.17. The molecule has 5 heteroatoms. The van der Waals surface area contributed by atoms with E-state index >= 15 is 0 Å². The second kappa shape index (κ2) is 5.42. The molecular weight excluding hydrogens is 245 g/mol. The summed E-state index contributed by atoms with van der Waals surface area (Å²) in [5.41, 5.74) is -0.0931. The number of halogens is 3. The average Bonchev–Trinajstić information content (AvgIpc) is 2.24. The number of aliphatic carboxylic acids is 1. The maximum absolute atomic E-state index is 12.4. The summed E-state index contributed by atoms with van der Waals surface area (Å²) in [6.07, 6.45) is -4.44. The molecule has 0 aliphatic rings. The Kier molecular flexibility index (Phi) is 4.38. The van der Waals surface area contributed by atoms with Crippen molar-refractivity contribution < 1.29 is 23.1 Å². The zero-order valence-corrected chi connectivity index (χ0v) is 10.2. The molecule has 0 heterocycles. The summed E-state index contributed by atoms with van der Waals surface area (Å²) >= 11 is 0. The van der Waals surface area contributed by atoms with Crippen LogP contribution >= 0.6 is 0 Å². The third-order valence-corrected chi connectivity index (χ3v) is 2.87. The fraction of sp³-hybridized carbons (Fsp3) is 0.462. The molecule has 0 aliphatic carbocycles. The Labute approximate surface area is 103 Å². The van der Waals surface area contributed by atoms with Gasteiger partial charge in [0.1, 0.15) is 0 Å². The fourth-order valence-corrected chi connectivity index (χ4v) is 1.85. The van der Waals surface area contributed by atoms with Crippen molar-refractivity contribution >= 4 is 5.97 Å². The highest BCUT2D eigenvalue weighted by molar-refractivity contribution is 5.68. The highest BCUT2D eigenvalue weighted by Crippen LogP contribution is 2.32. The maximum atomic E-state index is 12.4. The van der Waals surface area contributed by atoms with Crippen molar-refractivity contribution in [3.05, 3.63) is 35.4 Å². The summed E-state index contributed by atoms with van der Waals surface area (Å²) < 4.78 is 37.2. The van der Waals surface area contributed by atoms with Crippen LogP contribution in [0.2, 0.25) is 0 Å². The summed E-state index contributed by atoms with van der Waals surface area (Å²) in [6.45, 7) is 3.70. The molecule has 1 atom stereocenters. The number of carbonyl (C=O) groups is 1. The Morgan fingerprint density at radius 1 is 1.22 bits per heavy atom. The van der Waals surface area contributed by atoms with Crippen LogP contribution in [-0.2, 0) is 11.0 Å². The van der Waals surface area contributed by atoms with E-state index in [9.17, 15) is 18.0 Å². The zero-order valence-electron chi connectivity index (χ0n) is 10.2. The molecule has 0 aromatic heterocycles. The molecule has 1 N–H and O–H groups in total. The first-order valence-corrected chi connectivity index (χ1v) is 5.60. The van der Waals surface area contributed by atoms with Crippen LogP contribution in [0.15, 0.2) is 24.3 Å². The molecule has 0 fully saturated rings. The molecule has 1 unspecified atom stereocenters. The van der Waals surface area contributed by atoms with Gasteiger partial charge in [0.05, 0.1) is 12.0 Å². The van der Waals surface area contributed by atoms with Crippen LogP contribution in [-0.4, -0.2) is 11.1 Å². The zero-order chi connectivity index (χ0) is 13.9. The minimum atomic E-state index is -4.36. The van der Waals surface area contributed by atoms with Crippen LogP contribution in [0.25, 0.3) is 0 Å². The SMILES string of the molecule is CC(C)C(CC(=O)O)c1ccc(C(F)(F)F)cc1. The Morgan fingerprint density at radius 3 is 2.06 bits per heavy atom. The first-order chi connectivity index (χ1) is 8.21. The van der Waals surface area contributed by atoms with Gasteiger partial charge in [-0.2, -0.15) is 13.2 Å². The highest BCUT2D eigenvalue weighted by Gasteiger charge is 2.30. The molecule has 0 amide bonds. The predicted molar refractivity (Wildman–Crippen MR) is 61.3 cm³/mol. The van der Waals surface area contributed by atoms with Crippen molar-refractivity contribution in [2.24, 2.45) is 5.92 Å². The molecule has 1 aromatic rings. The number of carboxylic acid groups (broad SMARTS) is 1. The normalized spacial score (nSPS) is 13.7. The number of carboxylic acids is 1. The van der Waals surface area contributed by atoms with Gasteiger partial charge in [0.2, 0.25) is 0 Å². The topological polar surface area (TPSA) is 37.3 Å². The number of benzene rings is 1. The van der Waals surface area contributed by atoms with Crippen molar-refractivity contribution in [1.82, 2.24) is 0 Å². The molecule has 0 spiro atoms. The third kappa shape index (κ3) is 3.75. The van der Waals surface area contributed by atoms with E-state index < -0.39 is 17.7 Å². The molecule has 18 heavy (non-hydrogen) atoms. The van der Waals surface area contributed by atoms with E-state index in [0.29, 0.717) is 5.56 Å². The van der Waals surface area contributed by atoms with Gasteiger partial charge in [0, 0.05) is 0 Å². The second-order valence-corrected chi connectivity index (χ2v) is 4.57. The van der Waals surface area contributed by atoms with E-state index in [-0.39, 0.29) is 18.3 Å². The van der Waals surface area contributed by atoms with Crippen LogP contribution in [0.4, 0.5) is 13.2 Å². The summed E-state index contributed by atoms with van der Waals surface area (Å²) in [4.78, 5) is 10.7. The van der Waals surface area contributed by atoms with Crippen LogP contribution in [0.1, 0.15) is 37.3 Å². The van der Waals surface area contributed by atoms with E-state index in [1.807, 2.05) is 13.8 Å². The molecule has 1 aromatic carbocycles. The molecule has 100 valence electrons. The van der Waals surface area contributed by atoms with E-state index in [2.05, 4.69) is 0 Å². The van der Waals surface area contributed by atoms with Gasteiger partial charge >= 0.3 is 12.1 Å². The number of hydrogen-bond donors (Lipinski definition) is 1. The van der Waals surface area contributed by atoms with E-state index in [1.165, 1.54) is 12.1 Å². The molecule has 0 bridgehead atoms. The maximum Gasteiger partial charge on any atom is 0.416 e. The van der Waals surface area contributed by atoms with Gasteiger partial charge in [-0.1, -0.05) is 26.0 Å². The molecule has 0 aliphatic heterocycles. The van der Waals surface area contributed by atoms with Gasteiger partial charge in [0.25, 0.3) is 0 Å². The molecule has 2 nitrogen and oxygen atoms in total. The Bertz CT molecular complexity index is 407. The van der Waals surface area contributed by atoms with Crippen molar-refractivity contribution in [1.29, 1.82) is 0 Å². The molecule has 0 saturated heterocycles. The monoisotopic (exact) mass is 260 g/mol. The third-order valence-electron chi connectivity index (χ3n) is 2.87. The van der Waals surface area contributed by atoms with Crippen molar-refractivity contribution in [2.75, 3.05) is 0 Å². The lowest BCUT2D eigenvalue weighted by Crippen LogP contribution is -2.13. The smallest absolute Gasteiger partial charge is 0.416 e. The van der Waals surface area contributed by atoms with Crippen molar-refractivity contribution in [2.45, 2.75) is 32.4 Å². The average molecular weight is 260 g/mol. The van der Waals surface area contributed by atoms with Gasteiger partial charge in [0.15, 0.2) is 0 Å². The molecule has 0 radical (unpaired) electrons. The summed E-state index contributed by atoms with van der Waals surface area (Å²) in [5, 5.41) is 8.80. The van der Waals surface area contributed by atoms with Crippen LogP contribution in [0.5, 0.6) is 0 Å². The standard InChI is InChI=1S/C13H15F3O2/c1-8(2)11(7-12(17)18)9-3-5-10(6-4-9)13(14,15)16/h3-6,8,11H,7H2,1-2H3,(H,17,18). The number of alkyl halides is 3. The summed E-state index contributed by atoms with van der Waals surface area (Å²) in [7, 11) is 0. The van der Waals surface area contributed by atoms with Crippen molar-refractivity contribution in [3.8, 4) is 0 Å². The van der Waals surface area contributed by atoms with Gasteiger partial charge < -0.3 is 5.11 Å². The predicted octanol–water partition coefficient (Wildman–Crippen LogP) is 3.92. The Balaban J connectivity index is 2.97. The van der Waals surface area contributed by atoms with Crippen LogP contribution in [0, 0.1) is 5.92 Å². The van der Waals surface area contributed by atoms with Crippen LogP contribution < -0.4 is 0 Å². The molecule has 1 rings (SSSR count). The number of hydrogen-bond acceptors (Lipinski definition) is 1. The first-order valence-electron chi connectivity index (χ1n) is 5.60. The Hall–Kier alpha value is -1.52. The number of rotatable bonds is 4. The second-order valence-electron chi connectivity index (χ2n) is 4.57. The molecule has 0 saturated carbocycles. The largest absolute Gasteiger partial charge is 0.481 e. The lowest BCUT2D eigenvalue weighted by molar-refractivity contribution is -0.138. The first kappa shape index (κ1) is 14.5.